The Kier molecular flexibility index (Phi) is 3.68. The van der Waals surface area contributed by atoms with Crippen molar-refractivity contribution in [1.82, 2.24) is 20.2 Å². The molecule has 0 unspecified atom stereocenters. The molecule has 6 heteroatoms. The highest BCUT2D eigenvalue weighted by atomic mass is 16.1. The van der Waals surface area contributed by atoms with Crippen molar-refractivity contribution in [3.8, 4) is 0 Å². The van der Waals surface area contributed by atoms with Gasteiger partial charge in [0.05, 0.1) is 5.56 Å². The molecule has 0 aliphatic heterocycles. The summed E-state index contributed by atoms with van der Waals surface area (Å²) in [7, 11) is 3.90. The minimum Gasteiger partial charge on any atom is -0.356 e. The summed E-state index contributed by atoms with van der Waals surface area (Å²) in [5, 5.41) is 4.41. The number of hydrogen-bond donors (Lipinski definition) is 3. The average molecular weight is 298 g/mol. The number of rotatable bonds is 4. The maximum atomic E-state index is 12.4. The van der Waals surface area contributed by atoms with Crippen molar-refractivity contribution in [2.75, 3.05) is 27.2 Å². The molecule has 0 atom stereocenters. The molecule has 6 nitrogen and oxygen atoms in total. The van der Waals surface area contributed by atoms with E-state index >= 15 is 0 Å². The number of nitrogens with zero attached hydrogens (tertiary/aromatic N) is 1. The first-order chi connectivity index (χ1) is 10.6. The fraction of sp³-hybridized carbons (Fsp3) is 0.250. The molecule has 0 aliphatic rings. The van der Waals surface area contributed by atoms with Gasteiger partial charge in [-0.05, 0) is 20.2 Å². The smallest absolute Gasteiger partial charge is 0.272 e. The summed E-state index contributed by atoms with van der Waals surface area (Å²) < 4.78 is 0. The number of aromatic nitrogens is 2. The Bertz CT molecular complexity index is 892. The highest BCUT2D eigenvalue weighted by Crippen LogP contribution is 2.24. The number of para-hydroxylation sites is 1. The van der Waals surface area contributed by atoms with E-state index in [1.807, 2.05) is 43.3 Å². The SMILES string of the molecule is CN(C)CCNC(=O)c1c[nH]c2c(=O)[nH]c3ccccc3c12. The zero-order valence-electron chi connectivity index (χ0n) is 12.6. The van der Waals surface area contributed by atoms with Gasteiger partial charge in [-0.2, -0.15) is 0 Å². The van der Waals surface area contributed by atoms with Crippen LogP contribution in [0.1, 0.15) is 10.4 Å². The van der Waals surface area contributed by atoms with E-state index in [2.05, 4.69) is 15.3 Å². The van der Waals surface area contributed by atoms with Crippen LogP contribution in [0.5, 0.6) is 0 Å². The number of likely N-dealkylation sites (N-methyl/N-ethyl adjacent to an activating group) is 1. The Morgan fingerprint density at radius 3 is 2.82 bits per heavy atom. The van der Waals surface area contributed by atoms with Crippen LogP contribution in [-0.2, 0) is 0 Å². The van der Waals surface area contributed by atoms with Crippen LogP contribution in [0.3, 0.4) is 0 Å². The van der Waals surface area contributed by atoms with Gasteiger partial charge in [-0.15, -0.1) is 0 Å². The number of H-pyrrole nitrogens is 2. The van der Waals surface area contributed by atoms with Crippen molar-refractivity contribution >= 4 is 27.7 Å². The minimum absolute atomic E-state index is 0.177. The highest BCUT2D eigenvalue weighted by Gasteiger charge is 2.16. The number of hydrogen-bond acceptors (Lipinski definition) is 3. The van der Waals surface area contributed by atoms with Gasteiger partial charge in [0, 0.05) is 35.6 Å². The molecule has 0 fully saturated rings. The van der Waals surface area contributed by atoms with Crippen molar-refractivity contribution in [2.24, 2.45) is 0 Å². The Labute approximate surface area is 127 Å². The zero-order valence-corrected chi connectivity index (χ0v) is 12.6. The second-order valence-corrected chi connectivity index (χ2v) is 5.51. The molecule has 3 N–H and O–H groups in total. The standard InChI is InChI=1S/C16H18N4O2/c1-20(2)8-7-17-15(21)11-9-18-14-13(11)10-5-3-4-6-12(10)19-16(14)22/h3-6,9,18H,7-8H2,1-2H3,(H,17,21)(H,19,22). The third-order valence-electron chi connectivity index (χ3n) is 3.64. The van der Waals surface area contributed by atoms with E-state index < -0.39 is 0 Å². The van der Waals surface area contributed by atoms with E-state index in [1.54, 1.807) is 6.20 Å². The van der Waals surface area contributed by atoms with Gasteiger partial charge >= 0.3 is 0 Å². The van der Waals surface area contributed by atoms with Gasteiger partial charge in [0.25, 0.3) is 11.5 Å². The number of pyridine rings is 1. The van der Waals surface area contributed by atoms with Crippen LogP contribution in [0.4, 0.5) is 0 Å². The van der Waals surface area contributed by atoms with Gasteiger partial charge in [-0.3, -0.25) is 9.59 Å². The van der Waals surface area contributed by atoms with Crippen LogP contribution in [0.15, 0.2) is 35.3 Å². The first-order valence-electron chi connectivity index (χ1n) is 7.13. The molecule has 0 bridgehead atoms. The molecule has 3 aromatic rings. The number of nitrogens with one attached hydrogen (secondary N) is 3. The summed E-state index contributed by atoms with van der Waals surface area (Å²) in [6.07, 6.45) is 1.59. The van der Waals surface area contributed by atoms with Crippen LogP contribution in [0.2, 0.25) is 0 Å². The third-order valence-corrected chi connectivity index (χ3v) is 3.64. The van der Waals surface area contributed by atoms with Gasteiger partial charge in [0.2, 0.25) is 0 Å². The summed E-state index contributed by atoms with van der Waals surface area (Å²) in [6.45, 7) is 1.31. The Morgan fingerprint density at radius 2 is 2.05 bits per heavy atom. The molecule has 3 rings (SSSR count). The summed E-state index contributed by atoms with van der Waals surface area (Å²) in [6, 6.07) is 7.48. The molecule has 2 aromatic heterocycles. The van der Waals surface area contributed by atoms with Crippen LogP contribution < -0.4 is 10.9 Å². The second kappa shape index (κ2) is 5.65. The quantitative estimate of drug-likeness (QED) is 0.679. The summed E-state index contributed by atoms with van der Waals surface area (Å²) in [5.41, 5.74) is 1.43. The van der Waals surface area contributed by atoms with Crippen LogP contribution in [0.25, 0.3) is 21.8 Å². The van der Waals surface area contributed by atoms with Crippen molar-refractivity contribution in [3.63, 3.8) is 0 Å². The first kappa shape index (κ1) is 14.3. The number of benzene rings is 1. The lowest BCUT2D eigenvalue weighted by Gasteiger charge is -2.10. The predicted octanol–water partition coefficient (Wildman–Crippen LogP) is 1.30. The van der Waals surface area contributed by atoms with Gasteiger partial charge in [0.1, 0.15) is 5.52 Å². The Balaban J connectivity index is 2.07. The van der Waals surface area contributed by atoms with Crippen molar-refractivity contribution in [2.45, 2.75) is 0 Å². The largest absolute Gasteiger partial charge is 0.356 e. The second-order valence-electron chi connectivity index (χ2n) is 5.51. The molecule has 22 heavy (non-hydrogen) atoms. The Hall–Kier alpha value is -2.60. The lowest BCUT2D eigenvalue weighted by molar-refractivity contribution is 0.0953. The van der Waals surface area contributed by atoms with E-state index in [-0.39, 0.29) is 11.5 Å². The molecule has 0 spiro atoms. The normalized spacial score (nSPS) is 11.4. The number of carbonyl (C=O) groups excluding carboxylic acids is 1. The number of fused-ring (bicyclic) bond motifs is 3. The molecule has 114 valence electrons. The highest BCUT2D eigenvalue weighted by molar-refractivity contribution is 6.16. The lowest BCUT2D eigenvalue weighted by Crippen LogP contribution is -2.31. The van der Waals surface area contributed by atoms with Gasteiger partial charge in [-0.1, -0.05) is 18.2 Å². The maximum Gasteiger partial charge on any atom is 0.272 e. The van der Waals surface area contributed by atoms with Crippen molar-refractivity contribution in [1.29, 1.82) is 0 Å². The molecular weight excluding hydrogens is 280 g/mol. The summed E-state index contributed by atoms with van der Waals surface area (Å²) in [5.74, 6) is -0.177. The van der Waals surface area contributed by atoms with Crippen LogP contribution in [-0.4, -0.2) is 48.0 Å². The maximum absolute atomic E-state index is 12.4. The van der Waals surface area contributed by atoms with Gasteiger partial charge in [0.15, 0.2) is 0 Å². The lowest BCUT2D eigenvalue weighted by atomic mass is 10.1. The monoisotopic (exact) mass is 298 g/mol. The molecule has 2 heterocycles. The van der Waals surface area contributed by atoms with Crippen LogP contribution >= 0.6 is 0 Å². The van der Waals surface area contributed by atoms with E-state index in [1.165, 1.54) is 0 Å². The van der Waals surface area contributed by atoms with E-state index in [9.17, 15) is 9.59 Å². The molecule has 0 saturated heterocycles. The van der Waals surface area contributed by atoms with Crippen molar-refractivity contribution in [3.05, 3.63) is 46.4 Å². The molecule has 1 aromatic carbocycles. The molecule has 0 aliphatic carbocycles. The number of carbonyl (C=O) groups is 1. The number of amides is 1. The fourth-order valence-electron chi connectivity index (χ4n) is 2.54. The topological polar surface area (TPSA) is 81.0 Å². The molecule has 0 radical (unpaired) electrons. The van der Waals surface area contributed by atoms with Crippen LogP contribution in [0, 0.1) is 0 Å². The molecule has 0 saturated carbocycles. The predicted molar refractivity (Wildman–Crippen MR) is 87.3 cm³/mol. The van der Waals surface area contributed by atoms with Gasteiger partial charge < -0.3 is 20.2 Å². The van der Waals surface area contributed by atoms with Crippen molar-refractivity contribution < 1.29 is 4.79 Å². The third kappa shape index (κ3) is 2.48. The first-order valence-corrected chi connectivity index (χ1v) is 7.13. The van der Waals surface area contributed by atoms with E-state index in [0.29, 0.717) is 23.0 Å². The minimum atomic E-state index is -0.221. The van der Waals surface area contributed by atoms with Gasteiger partial charge in [-0.25, -0.2) is 0 Å². The molecule has 1 amide bonds. The summed E-state index contributed by atoms with van der Waals surface area (Å²) >= 11 is 0. The van der Waals surface area contributed by atoms with E-state index in [4.69, 9.17) is 0 Å². The number of aromatic amines is 2. The molecular formula is C16H18N4O2. The Morgan fingerprint density at radius 1 is 1.27 bits per heavy atom. The zero-order chi connectivity index (χ0) is 15.7. The van der Waals surface area contributed by atoms with E-state index in [0.717, 1.165) is 17.4 Å². The summed E-state index contributed by atoms with van der Waals surface area (Å²) in [4.78, 5) is 32.2. The fourth-order valence-corrected chi connectivity index (χ4v) is 2.54. The average Bonchev–Trinajstić information content (AvgIpc) is 2.92.